The smallest absolute Gasteiger partial charge is 0.215 e. The lowest BCUT2D eigenvalue weighted by molar-refractivity contribution is 0.506. The first-order chi connectivity index (χ1) is 9.96. The molecular formula is C14H16N2O3S2. The molecule has 0 fully saturated rings. The Labute approximate surface area is 129 Å². The van der Waals surface area contributed by atoms with Crippen molar-refractivity contribution in [3.05, 3.63) is 59.5 Å². The summed E-state index contributed by atoms with van der Waals surface area (Å²) in [5, 5.41) is 0. The summed E-state index contributed by atoms with van der Waals surface area (Å²) in [7, 11) is -3.41. The standard InChI is InChI=1S/C14H16N2O3S2/c15-14(20)12-4-1-3-11(9-12)10-21(17,18)16-7-6-13-5-2-8-19-13/h1-5,8-9,16H,6-7,10H2,(H2,15,20). The number of hydrogen-bond acceptors (Lipinski definition) is 4. The van der Waals surface area contributed by atoms with Crippen molar-refractivity contribution in [2.75, 3.05) is 6.54 Å². The maximum absolute atomic E-state index is 12.0. The van der Waals surface area contributed by atoms with Gasteiger partial charge in [-0.1, -0.05) is 30.4 Å². The molecule has 112 valence electrons. The Morgan fingerprint density at radius 1 is 1.29 bits per heavy atom. The Bertz CT molecular complexity index is 710. The van der Waals surface area contributed by atoms with E-state index in [1.54, 1.807) is 42.7 Å². The summed E-state index contributed by atoms with van der Waals surface area (Å²) in [6.45, 7) is 0.296. The lowest BCUT2D eigenvalue weighted by Gasteiger charge is -2.07. The van der Waals surface area contributed by atoms with Gasteiger partial charge in [0, 0.05) is 18.5 Å². The Morgan fingerprint density at radius 3 is 2.76 bits per heavy atom. The summed E-state index contributed by atoms with van der Waals surface area (Å²) in [6.07, 6.45) is 2.07. The molecule has 0 unspecified atom stereocenters. The van der Waals surface area contributed by atoms with Gasteiger partial charge in [0.05, 0.1) is 12.0 Å². The fourth-order valence-corrected chi connectivity index (χ4v) is 3.13. The molecule has 0 saturated heterocycles. The monoisotopic (exact) mass is 324 g/mol. The summed E-state index contributed by atoms with van der Waals surface area (Å²) in [5.74, 6) is 0.634. The van der Waals surface area contributed by atoms with Crippen molar-refractivity contribution in [3.63, 3.8) is 0 Å². The number of hydrogen-bond donors (Lipinski definition) is 2. The van der Waals surface area contributed by atoms with Gasteiger partial charge in [-0.25, -0.2) is 13.1 Å². The van der Waals surface area contributed by atoms with Crippen LogP contribution in [0.2, 0.25) is 0 Å². The average Bonchev–Trinajstić information content (AvgIpc) is 2.91. The SMILES string of the molecule is NC(=S)c1cccc(CS(=O)(=O)NCCc2ccco2)c1. The summed E-state index contributed by atoms with van der Waals surface area (Å²) < 4.78 is 31.7. The van der Waals surface area contributed by atoms with E-state index in [-0.39, 0.29) is 10.7 Å². The van der Waals surface area contributed by atoms with Crippen LogP contribution in [0.15, 0.2) is 47.1 Å². The highest BCUT2D eigenvalue weighted by Gasteiger charge is 2.12. The molecule has 0 bridgehead atoms. The molecule has 1 heterocycles. The molecule has 0 atom stereocenters. The molecule has 3 N–H and O–H groups in total. The van der Waals surface area contributed by atoms with E-state index >= 15 is 0 Å². The normalized spacial score (nSPS) is 11.4. The van der Waals surface area contributed by atoms with Gasteiger partial charge in [-0.3, -0.25) is 0 Å². The minimum absolute atomic E-state index is 0.110. The third-order valence-corrected chi connectivity index (χ3v) is 4.43. The zero-order valence-corrected chi connectivity index (χ0v) is 12.9. The van der Waals surface area contributed by atoms with Crippen LogP contribution < -0.4 is 10.5 Å². The molecule has 2 rings (SSSR count). The Kier molecular flexibility index (Phi) is 5.11. The van der Waals surface area contributed by atoms with Crippen molar-refractivity contribution in [2.24, 2.45) is 5.73 Å². The van der Waals surface area contributed by atoms with Crippen LogP contribution in [-0.2, 0) is 22.2 Å². The predicted molar refractivity (Wildman–Crippen MR) is 85.4 cm³/mol. The van der Waals surface area contributed by atoms with Gasteiger partial charge in [0.1, 0.15) is 10.7 Å². The van der Waals surface area contributed by atoms with Crippen LogP contribution in [0.3, 0.4) is 0 Å². The quantitative estimate of drug-likeness (QED) is 0.755. The molecule has 0 amide bonds. The first-order valence-electron chi connectivity index (χ1n) is 6.35. The molecule has 0 saturated carbocycles. The van der Waals surface area contributed by atoms with Gasteiger partial charge in [-0.15, -0.1) is 0 Å². The van der Waals surface area contributed by atoms with Crippen molar-refractivity contribution in [1.82, 2.24) is 4.72 Å². The van der Waals surface area contributed by atoms with E-state index in [0.717, 1.165) is 5.76 Å². The number of sulfonamides is 1. The first kappa shape index (κ1) is 15.7. The average molecular weight is 324 g/mol. The molecule has 1 aromatic carbocycles. The van der Waals surface area contributed by atoms with Crippen molar-refractivity contribution in [1.29, 1.82) is 0 Å². The molecule has 0 aliphatic carbocycles. The lowest BCUT2D eigenvalue weighted by Crippen LogP contribution is -2.27. The molecule has 21 heavy (non-hydrogen) atoms. The number of nitrogens with two attached hydrogens (primary N) is 1. The number of benzene rings is 1. The number of nitrogens with one attached hydrogen (secondary N) is 1. The van der Waals surface area contributed by atoms with Gasteiger partial charge in [0.2, 0.25) is 10.0 Å². The van der Waals surface area contributed by atoms with E-state index in [1.165, 1.54) is 0 Å². The highest BCUT2D eigenvalue weighted by atomic mass is 32.2. The number of rotatable bonds is 7. The molecular weight excluding hydrogens is 308 g/mol. The Balaban J connectivity index is 1.94. The van der Waals surface area contributed by atoms with Crippen LogP contribution in [0.4, 0.5) is 0 Å². The van der Waals surface area contributed by atoms with Crippen molar-refractivity contribution >= 4 is 27.2 Å². The van der Waals surface area contributed by atoms with Crippen LogP contribution in [0, 0.1) is 0 Å². The van der Waals surface area contributed by atoms with Crippen molar-refractivity contribution in [3.8, 4) is 0 Å². The second kappa shape index (κ2) is 6.84. The van der Waals surface area contributed by atoms with Crippen molar-refractivity contribution in [2.45, 2.75) is 12.2 Å². The number of furan rings is 1. The van der Waals surface area contributed by atoms with Crippen LogP contribution in [0.5, 0.6) is 0 Å². The van der Waals surface area contributed by atoms with Gasteiger partial charge >= 0.3 is 0 Å². The molecule has 0 aliphatic heterocycles. The van der Waals surface area contributed by atoms with E-state index in [9.17, 15) is 8.42 Å². The lowest BCUT2D eigenvalue weighted by atomic mass is 10.1. The second-order valence-corrected chi connectivity index (χ2v) is 6.79. The molecule has 1 aromatic heterocycles. The minimum Gasteiger partial charge on any atom is -0.469 e. The van der Waals surface area contributed by atoms with Gasteiger partial charge in [0.25, 0.3) is 0 Å². The minimum atomic E-state index is -3.41. The number of thiocarbonyl (C=S) groups is 1. The van der Waals surface area contributed by atoms with Crippen LogP contribution in [-0.4, -0.2) is 20.0 Å². The van der Waals surface area contributed by atoms with Gasteiger partial charge in [0.15, 0.2) is 0 Å². The summed E-state index contributed by atoms with van der Waals surface area (Å²) >= 11 is 4.88. The third-order valence-electron chi connectivity index (χ3n) is 2.84. The van der Waals surface area contributed by atoms with E-state index in [2.05, 4.69) is 4.72 Å². The van der Waals surface area contributed by atoms with Crippen LogP contribution in [0.25, 0.3) is 0 Å². The summed E-state index contributed by atoms with van der Waals surface area (Å²) in [5.41, 5.74) is 6.84. The fraction of sp³-hybridized carbons (Fsp3) is 0.214. The maximum Gasteiger partial charge on any atom is 0.215 e. The van der Waals surface area contributed by atoms with E-state index in [0.29, 0.717) is 24.1 Å². The zero-order chi connectivity index (χ0) is 15.3. The topological polar surface area (TPSA) is 85.3 Å². The highest BCUT2D eigenvalue weighted by Crippen LogP contribution is 2.09. The molecule has 5 nitrogen and oxygen atoms in total. The van der Waals surface area contributed by atoms with Crippen LogP contribution >= 0.6 is 12.2 Å². The van der Waals surface area contributed by atoms with Gasteiger partial charge < -0.3 is 10.2 Å². The Hall–Kier alpha value is -1.70. The third kappa shape index (κ3) is 4.96. The molecule has 0 radical (unpaired) electrons. The van der Waals surface area contributed by atoms with E-state index in [1.807, 2.05) is 0 Å². The van der Waals surface area contributed by atoms with E-state index in [4.69, 9.17) is 22.4 Å². The van der Waals surface area contributed by atoms with E-state index < -0.39 is 10.0 Å². The summed E-state index contributed by atoms with van der Waals surface area (Å²) in [6, 6.07) is 10.5. The van der Waals surface area contributed by atoms with Crippen molar-refractivity contribution < 1.29 is 12.8 Å². The first-order valence-corrected chi connectivity index (χ1v) is 8.41. The molecule has 7 heteroatoms. The van der Waals surface area contributed by atoms with Gasteiger partial charge in [-0.2, -0.15) is 0 Å². The predicted octanol–water partition coefficient (Wildman–Crippen LogP) is 1.58. The maximum atomic E-state index is 12.0. The van der Waals surface area contributed by atoms with Gasteiger partial charge in [-0.05, 0) is 23.8 Å². The highest BCUT2D eigenvalue weighted by molar-refractivity contribution is 7.88. The largest absolute Gasteiger partial charge is 0.469 e. The van der Waals surface area contributed by atoms with Crippen LogP contribution in [0.1, 0.15) is 16.9 Å². The fourth-order valence-electron chi connectivity index (χ4n) is 1.87. The summed E-state index contributed by atoms with van der Waals surface area (Å²) in [4.78, 5) is 0.250. The molecule has 2 aromatic rings. The molecule has 0 spiro atoms. The second-order valence-electron chi connectivity index (χ2n) is 4.55. The molecule has 0 aliphatic rings. The zero-order valence-electron chi connectivity index (χ0n) is 11.3. The Morgan fingerprint density at radius 2 is 2.10 bits per heavy atom.